The SMILES string of the molecule is Cn1cnc(CNC2CC2)c1-n1nc(-c2ccc(OCc3ccccc3)cc2)cc1N. The van der Waals surface area contributed by atoms with Gasteiger partial charge in [0.25, 0.3) is 0 Å². The second-order valence-corrected chi connectivity index (χ2v) is 7.95. The summed E-state index contributed by atoms with van der Waals surface area (Å²) in [7, 11) is 1.96. The molecule has 1 aliphatic carbocycles. The quantitative estimate of drug-likeness (QED) is 0.460. The zero-order chi connectivity index (χ0) is 21.2. The lowest BCUT2D eigenvalue weighted by Crippen LogP contribution is -2.18. The minimum atomic E-state index is 0.542. The maximum atomic E-state index is 6.33. The minimum absolute atomic E-state index is 0.542. The second-order valence-electron chi connectivity index (χ2n) is 7.95. The van der Waals surface area contributed by atoms with E-state index in [0.29, 0.717) is 25.0 Å². The summed E-state index contributed by atoms with van der Waals surface area (Å²) in [5, 5.41) is 8.28. The summed E-state index contributed by atoms with van der Waals surface area (Å²) in [4.78, 5) is 4.54. The van der Waals surface area contributed by atoms with Gasteiger partial charge < -0.3 is 20.4 Å². The highest BCUT2D eigenvalue weighted by atomic mass is 16.5. The standard InChI is InChI=1S/C24H26N6O/c1-29-16-27-22(14-26-19-9-10-19)24(29)30-23(25)13-21(28-30)18-7-11-20(12-8-18)31-15-17-5-3-2-4-6-17/h2-8,11-13,16,19,26H,9-10,14-15,25H2,1H3. The minimum Gasteiger partial charge on any atom is -0.489 e. The van der Waals surface area contributed by atoms with E-state index in [2.05, 4.69) is 22.4 Å². The molecule has 2 aromatic heterocycles. The van der Waals surface area contributed by atoms with Crippen LogP contribution in [0.15, 0.2) is 67.0 Å². The molecule has 0 amide bonds. The van der Waals surface area contributed by atoms with Crippen molar-refractivity contribution < 1.29 is 4.74 Å². The number of nitrogens with one attached hydrogen (secondary N) is 1. The molecule has 7 nitrogen and oxygen atoms in total. The number of benzene rings is 2. The van der Waals surface area contributed by atoms with Gasteiger partial charge >= 0.3 is 0 Å². The molecule has 1 fully saturated rings. The normalized spacial score (nSPS) is 13.5. The van der Waals surface area contributed by atoms with Crippen LogP contribution in [0.5, 0.6) is 5.75 Å². The van der Waals surface area contributed by atoms with Crippen molar-refractivity contribution in [2.45, 2.75) is 32.0 Å². The summed E-state index contributed by atoms with van der Waals surface area (Å²) in [5.74, 6) is 2.29. The Labute approximate surface area is 181 Å². The van der Waals surface area contributed by atoms with Crippen LogP contribution in [0.3, 0.4) is 0 Å². The Bertz CT molecular complexity index is 1160. The largest absolute Gasteiger partial charge is 0.489 e. The Hall–Kier alpha value is -3.58. The van der Waals surface area contributed by atoms with Gasteiger partial charge in [0.15, 0.2) is 5.82 Å². The number of aryl methyl sites for hydroxylation is 1. The Kier molecular flexibility index (Phi) is 5.18. The molecular weight excluding hydrogens is 388 g/mol. The van der Waals surface area contributed by atoms with Crippen molar-refractivity contribution in [2.24, 2.45) is 7.05 Å². The Balaban J connectivity index is 1.33. The highest BCUT2D eigenvalue weighted by Crippen LogP contribution is 2.27. The van der Waals surface area contributed by atoms with Crippen LogP contribution >= 0.6 is 0 Å². The predicted octanol–water partition coefficient (Wildman–Crippen LogP) is 3.69. The van der Waals surface area contributed by atoms with Crippen LogP contribution in [0.25, 0.3) is 17.1 Å². The summed E-state index contributed by atoms with van der Waals surface area (Å²) in [6, 6.07) is 20.6. The first kappa shape index (κ1) is 19.4. The van der Waals surface area contributed by atoms with Crippen molar-refractivity contribution in [2.75, 3.05) is 5.73 Å². The van der Waals surface area contributed by atoms with Gasteiger partial charge in [-0.25, -0.2) is 4.98 Å². The molecule has 0 unspecified atom stereocenters. The lowest BCUT2D eigenvalue weighted by Gasteiger charge is -2.09. The number of aromatic nitrogens is 4. The molecule has 0 spiro atoms. The predicted molar refractivity (Wildman–Crippen MR) is 121 cm³/mol. The van der Waals surface area contributed by atoms with Crippen LogP contribution in [0.2, 0.25) is 0 Å². The van der Waals surface area contributed by atoms with Crippen LogP contribution in [0, 0.1) is 0 Å². The van der Waals surface area contributed by atoms with Gasteiger partial charge in [-0.2, -0.15) is 9.78 Å². The molecule has 158 valence electrons. The van der Waals surface area contributed by atoms with E-state index in [1.54, 1.807) is 11.0 Å². The summed E-state index contributed by atoms with van der Waals surface area (Å²) >= 11 is 0. The van der Waals surface area contributed by atoms with E-state index in [1.807, 2.05) is 60.1 Å². The van der Waals surface area contributed by atoms with E-state index in [-0.39, 0.29) is 0 Å². The van der Waals surface area contributed by atoms with Crippen molar-refractivity contribution in [1.29, 1.82) is 0 Å². The van der Waals surface area contributed by atoms with E-state index in [0.717, 1.165) is 34.1 Å². The molecule has 7 heteroatoms. The molecule has 1 aliphatic rings. The zero-order valence-corrected chi connectivity index (χ0v) is 17.5. The first-order valence-corrected chi connectivity index (χ1v) is 10.5. The number of rotatable bonds is 8. The molecule has 4 aromatic rings. The van der Waals surface area contributed by atoms with E-state index in [1.165, 1.54) is 12.8 Å². The van der Waals surface area contributed by atoms with Crippen molar-refractivity contribution in [3.63, 3.8) is 0 Å². The van der Waals surface area contributed by atoms with Crippen LogP contribution in [0.4, 0.5) is 5.82 Å². The third-order valence-electron chi connectivity index (χ3n) is 5.45. The summed E-state index contributed by atoms with van der Waals surface area (Å²) in [5.41, 5.74) is 10.2. The molecule has 2 heterocycles. The number of ether oxygens (including phenoxy) is 1. The third-order valence-corrected chi connectivity index (χ3v) is 5.45. The molecule has 2 aromatic carbocycles. The number of nitrogens with zero attached hydrogens (tertiary/aromatic N) is 4. The van der Waals surface area contributed by atoms with Gasteiger partial charge in [-0.05, 0) is 42.7 Å². The van der Waals surface area contributed by atoms with E-state index in [9.17, 15) is 0 Å². The average Bonchev–Trinajstić information content (AvgIpc) is 3.46. The highest BCUT2D eigenvalue weighted by molar-refractivity contribution is 5.64. The molecule has 0 saturated heterocycles. The monoisotopic (exact) mass is 414 g/mol. The number of nitrogen functional groups attached to an aromatic ring is 1. The summed E-state index contributed by atoms with van der Waals surface area (Å²) in [6.07, 6.45) is 4.28. The molecule has 3 N–H and O–H groups in total. The van der Waals surface area contributed by atoms with Gasteiger partial charge in [0.1, 0.15) is 18.2 Å². The summed E-state index contributed by atoms with van der Waals surface area (Å²) in [6.45, 7) is 1.25. The van der Waals surface area contributed by atoms with Crippen molar-refractivity contribution in [3.05, 3.63) is 78.2 Å². The number of nitrogens with two attached hydrogens (primary N) is 1. The third kappa shape index (κ3) is 4.32. The van der Waals surface area contributed by atoms with Crippen molar-refractivity contribution in [1.82, 2.24) is 24.6 Å². The average molecular weight is 415 g/mol. The van der Waals surface area contributed by atoms with Gasteiger partial charge in [-0.15, -0.1) is 0 Å². The molecular formula is C24H26N6O. The first-order valence-electron chi connectivity index (χ1n) is 10.5. The van der Waals surface area contributed by atoms with E-state index in [4.69, 9.17) is 15.6 Å². The second kappa shape index (κ2) is 8.28. The first-order chi connectivity index (χ1) is 15.2. The fourth-order valence-electron chi connectivity index (χ4n) is 3.57. The number of hydrogen-bond acceptors (Lipinski definition) is 5. The maximum absolute atomic E-state index is 6.33. The Morgan fingerprint density at radius 1 is 1.10 bits per heavy atom. The van der Waals surface area contributed by atoms with Crippen LogP contribution in [-0.2, 0) is 20.2 Å². The molecule has 5 rings (SSSR count). The maximum Gasteiger partial charge on any atom is 0.160 e. The van der Waals surface area contributed by atoms with Gasteiger partial charge in [-0.3, -0.25) is 0 Å². The van der Waals surface area contributed by atoms with Crippen LogP contribution in [0.1, 0.15) is 24.1 Å². The van der Waals surface area contributed by atoms with E-state index < -0.39 is 0 Å². The van der Waals surface area contributed by atoms with Gasteiger partial charge in [0, 0.05) is 31.3 Å². The van der Waals surface area contributed by atoms with Gasteiger partial charge in [0.2, 0.25) is 0 Å². The zero-order valence-electron chi connectivity index (χ0n) is 17.5. The highest BCUT2D eigenvalue weighted by Gasteiger charge is 2.22. The van der Waals surface area contributed by atoms with Crippen LogP contribution in [-0.4, -0.2) is 25.4 Å². The number of imidazole rings is 1. The molecule has 0 radical (unpaired) electrons. The van der Waals surface area contributed by atoms with Crippen molar-refractivity contribution >= 4 is 5.82 Å². The Morgan fingerprint density at radius 3 is 2.61 bits per heavy atom. The molecule has 1 saturated carbocycles. The van der Waals surface area contributed by atoms with Gasteiger partial charge in [-0.1, -0.05) is 30.3 Å². The topological polar surface area (TPSA) is 82.9 Å². The lowest BCUT2D eigenvalue weighted by molar-refractivity contribution is 0.306. The smallest absolute Gasteiger partial charge is 0.160 e. The fourth-order valence-corrected chi connectivity index (χ4v) is 3.57. The van der Waals surface area contributed by atoms with E-state index >= 15 is 0 Å². The Morgan fingerprint density at radius 2 is 1.87 bits per heavy atom. The number of anilines is 1. The van der Waals surface area contributed by atoms with Gasteiger partial charge in [0.05, 0.1) is 17.7 Å². The molecule has 0 aliphatic heterocycles. The molecule has 31 heavy (non-hydrogen) atoms. The molecule has 0 atom stereocenters. The lowest BCUT2D eigenvalue weighted by atomic mass is 10.1. The fraction of sp³-hybridized carbons (Fsp3) is 0.250. The van der Waals surface area contributed by atoms with Crippen LogP contribution < -0.4 is 15.8 Å². The van der Waals surface area contributed by atoms with Crippen molar-refractivity contribution in [3.8, 4) is 22.8 Å². The summed E-state index contributed by atoms with van der Waals surface area (Å²) < 4.78 is 9.61. The molecule has 0 bridgehead atoms. The number of hydrogen-bond donors (Lipinski definition) is 2.